The first-order valence-electron chi connectivity index (χ1n) is 5.98. The smallest absolute Gasteiger partial charge is 0.234 e. The van der Waals surface area contributed by atoms with E-state index < -0.39 is 29.7 Å². The Balaban J connectivity index is 2.66. The Hall–Kier alpha value is -1.53. The lowest BCUT2D eigenvalue weighted by molar-refractivity contribution is -0.121. The number of hydrogen-bond donors (Lipinski definition) is 3. The number of hydrogen-bond acceptors (Lipinski definition) is 3. The van der Waals surface area contributed by atoms with Crippen LogP contribution in [0, 0.1) is 17.6 Å². The van der Waals surface area contributed by atoms with Gasteiger partial charge in [0.1, 0.15) is 0 Å². The van der Waals surface area contributed by atoms with E-state index in [4.69, 9.17) is 5.73 Å². The van der Waals surface area contributed by atoms with Gasteiger partial charge in [-0.05, 0) is 23.6 Å². The van der Waals surface area contributed by atoms with Gasteiger partial charge in [0.2, 0.25) is 5.91 Å². The average Bonchev–Trinajstić information content (AvgIpc) is 2.31. The minimum absolute atomic E-state index is 0.0247. The summed E-state index contributed by atoms with van der Waals surface area (Å²) in [7, 11) is 0. The van der Waals surface area contributed by atoms with Gasteiger partial charge in [-0.3, -0.25) is 4.79 Å². The molecule has 106 valence electrons. The number of primary amides is 1. The molecule has 1 aromatic carbocycles. The molecule has 0 fully saturated rings. The Labute approximate surface area is 110 Å². The summed E-state index contributed by atoms with van der Waals surface area (Å²) in [5, 5.41) is 12.7. The second-order valence-electron chi connectivity index (χ2n) is 4.72. The SMILES string of the molecule is CC(C)C(NCC(O)c1ccc(F)c(F)c1)C(N)=O. The maximum atomic E-state index is 13.0. The molecule has 19 heavy (non-hydrogen) atoms. The number of halogens is 2. The van der Waals surface area contributed by atoms with Crippen molar-refractivity contribution >= 4 is 5.91 Å². The standard InChI is InChI=1S/C13H18F2N2O2/c1-7(2)12(13(16)19)17-6-11(18)8-3-4-9(14)10(15)5-8/h3-5,7,11-12,17-18H,6H2,1-2H3,(H2,16,19). The van der Waals surface area contributed by atoms with Gasteiger partial charge in [0.15, 0.2) is 11.6 Å². The molecule has 0 aliphatic heterocycles. The molecule has 1 rings (SSSR count). The molecule has 2 atom stereocenters. The topological polar surface area (TPSA) is 75.3 Å². The van der Waals surface area contributed by atoms with Gasteiger partial charge < -0.3 is 16.2 Å². The summed E-state index contributed by atoms with van der Waals surface area (Å²) in [6.45, 7) is 3.65. The highest BCUT2D eigenvalue weighted by Crippen LogP contribution is 2.16. The van der Waals surface area contributed by atoms with Crippen LogP contribution in [0.5, 0.6) is 0 Å². The van der Waals surface area contributed by atoms with Crippen molar-refractivity contribution in [3.05, 3.63) is 35.4 Å². The minimum Gasteiger partial charge on any atom is -0.387 e. The molecule has 0 heterocycles. The lowest BCUT2D eigenvalue weighted by atomic mass is 10.0. The number of nitrogens with one attached hydrogen (secondary N) is 1. The van der Waals surface area contributed by atoms with Crippen molar-refractivity contribution in [3.63, 3.8) is 0 Å². The second-order valence-corrected chi connectivity index (χ2v) is 4.72. The fourth-order valence-electron chi connectivity index (χ4n) is 1.74. The van der Waals surface area contributed by atoms with Crippen LogP contribution in [0.15, 0.2) is 18.2 Å². The fourth-order valence-corrected chi connectivity index (χ4v) is 1.74. The Bertz CT molecular complexity index is 452. The van der Waals surface area contributed by atoms with E-state index in [0.29, 0.717) is 0 Å². The summed E-state index contributed by atoms with van der Waals surface area (Å²) < 4.78 is 25.8. The Morgan fingerprint density at radius 1 is 1.37 bits per heavy atom. The van der Waals surface area contributed by atoms with Gasteiger partial charge in [0.25, 0.3) is 0 Å². The summed E-state index contributed by atoms with van der Waals surface area (Å²) in [5.74, 6) is -2.55. The molecule has 0 saturated heterocycles. The van der Waals surface area contributed by atoms with Crippen LogP contribution in [0.2, 0.25) is 0 Å². The van der Waals surface area contributed by atoms with Crippen LogP contribution in [0.25, 0.3) is 0 Å². The van der Waals surface area contributed by atoms with E-state index in [2.05, 4.69) is 5.32 Å². The number of rotatable bonds is 6. The highest BCUT2D eigenvalue weighted by Gasteiger charge is 2.20. The number of amides is 1. The van der Waals surface area contributed by atoms with Crippen molar-refractivity contribution in [3.8, 4) is 0 Å². The highest BCUT2D eigenvalue weighted by molar-refractivity contribution is 5.80. The first kappa shape index (κ1) is 15.5. The highest BCUT2D eigenvalue weighted by atomic mass is 19.2. The summed E-state index contributed by atoms with van der Waals surface area (Å²) in [6.07, 6.45) is -1.05. The summed E-state index contributed by atoms with van der Waals surface area (Å²) in [5.41, 5.74) is 5.45. The van der Waals surface area contributed by atoms with E-state index >= 15 is 0 Å². The molecule has 0 aliphatic rings. The third-order valence-corrected chi connectivity index (χ3v) is 2.83. The van der Waals surface area contributed by atoms with Crippen molar-refractivity contribution in [2.24, 2.45) is 11.7 Å². The zero-order valence-electron chi connectivity index (χ0n) is 10.9. The third kappa shape index (κ3) is 4.25. The molecule has 0 aliphatic carbocycles. The molecule has 4 N–H and O–H groups in total. The van der Waals surface area contributed by atoms with E-state index in [1.165, 1.54) is 6.07 Å². The molecule has 2 unspecified atom stereocenters. The molecule has 0 bridgehead atoms. The predicted octanol–water partition coefficient (Wildman–Crippen LogP) is 1.10. The van der Waals surface area contributed by atoms with Gasteiger partial charge in [-0.15, -0.1) is 0 Å². The molecule has 4 nitrogen and oxygen atoms in total. The maximum Gasteiger partial charge on any atom is 0.234 e. The van der Waals surface area contributed by atoms with E-state index in [9.17, 15) is 18.7 Å². The molecule has 0 radical (unpaired) electrons. The van der Waals surface area contributed by atoms with Gasteiger partial charge in [-0.25, -0.2) is 8.78 Å². The molecular formula is C13H18F2N2O2. The third-order valence-electron chi connectivity index (χ3n) is 2.83. The van der Waals surface area contributed by atoms with E-state index in [1.54, 1.807) is 0 Å². The fraction of sp³-hybridized carbons (Fsp3) is 0.462. The quantitative estimate of drug-likeness (QED) is 0.726. The maximum absolute atomic E-state index is 13.0. The van der Waals surface area contributed by atoms with Crippen molar-refractivity contribution in [1.82, 2.24) is 5.32 Å². The molecule has 0 saturated carbocycles. The summed E-state index contributed by atoms with van der Waals surface area (Å²) in [6, 6.07) is 2.58. The van der Waals surface area contributed by atoms with Gasteiger partial charge in [-0.2, -0.15) is 0 Å². The van der Waals surface area contributed by atoms with Gasteiger partial charge >= 0.3 is 0 Å². The molecule has 0 spiro atoms. The van der Waals surface area contributed by atoms with Gasteiger partial charge in [0.05, 0.1) is 12.1 Å². The molecular weight excluding hydrogens is 254 g/mol. The van der Waals surface area contributed by atoms with E-state index in [-0.39, 0.29) is 18.0 Å². The van der Waals surface area contributed by atoms with Crippen molar-refractivity contribution in [2.75, 3.05) is 6.54 Å². The van der Waals surface area contributed by atoms with Gasteiger partial charge in [0, 0.05) is 6.54 Å². The number of carbonyl (C=O) groups excluding carboxylic acids is 1. The van der Waals surface area contributed by atoms with Crippen LogP contribution in [0.1, 0.15) is 25.5 Å². The molecule has 6 heteroatoms. The Morgan fingerprint density at radius 2 is 2.00 bits per heavy atom. The molecule has 0 aromatic heterocycles. The minimum atomic E-state index is -1.05. The van der Waals surface area contributed by atoms with Crippen molar-refractivity contribution in [1.29, 1.82) is 0 Å². The average molecular weight is 272 g/mol. The summed E-state index contributed by atoms with van der Waals surface area (Å²) >= 11 is 0. The largest absolute Gasteiger partial charge is 0.387 e. The van der Waals surface area contributed by atoms with Crippen LogP contribution in [0.4, 0.5) is 8.78 Å². The number of aliphatic hydroxyl groups is 1. The normalized spacial score (nSPS) is 14.4. The number of nitrogens with two attached hydrogens (primary N) is 1. The Kier molecular flexibility index (Phi) is 5.38. The van der Waals surface area contributed by atoms with Crippen molar-refractivity contribution < 1.29 is 18.7 Å². The molecule has 1 aromatic rings. The van der Waals surface area contributed by atoms with Crippen LogP contribution < -0.4 is 11.1 Å². The van der Waals surface area contributed by atoms with Crippen LogP contribution in [-0.4, -0.2) is 23.6 Å². The second kappa shape index (κ2) is 6.58. The zero-order valence-corrected chi connectivity index (χ0v) is 10.9. The number of benzene rings is 1. The summed E-state index contributed by atoms with van der Waals surface area (Å²) in [4.78, 5) is 11.2. The monoisotopic (exact) mass is 272 g/mol. The lowest BCUT2D eigenvalue weighted by Gasteiger charge is -2.21. The van der Waals surface area contributed by atoms with Crippen LogP contribution in [-0.2, 0) is 4.79 Å². The first-order chi connectivity index (χ1) is 8.82. The zero-order chi connectivity index (χ0) is 14.6. The lowest BCUT2D eigenvalue weighted by Crippen LogP contribution is -2.46. The van der Waals surface area contributed by atoms with E-state index in [0.717, 1.165) is 12.1 Å². The van der Waals surface area contributed by atoms with Gasteiger partial charge in [-0.1, -0.05) is 19.9 Å². The van der Waals surface area contributed by atoms with Crippen molar-refractivity contribution in [2.45, 2.75) is 26.0 Å². The number of aliphatic hydroxyl groups excluding tert-OH is 1. The first-order valence-corrected chi connectivity index (χ1v) is 5.98. The predicted molar refractivity (Wildman–Crippen MR) is 67.1 cm³/mol. The van der Waals surface area contributed by atoms with E-state index in [1.807, 2.05) is 13.8 Å². The van der Waals surface area contributed by atoms with Crippen LogP contribution >= 0.6 is 0 Å². The van der Waals surface area contributed by atoms with Crippen LogP contribution in [0.3, 0.4) is 0 Å². The molecule has 1 amide bonds. The Morgan fingerprint density at radius 3 is 2.47 bits per heavy atom. The number of carbonyl (C=O) groups is 1.